The number of anilines is 1. The molecular formula is C22H24ClF2N3O3. The van der Waals surface area contributed by atoms with E-state index in [0.717, 1.165) is 31.5 Å². The minimum Gasteiger partial charge on any atom is -0.435 e. The number of alkyl halides is 2. The molecule has 0 aromatic heterocycles. The molecule has 9 heteroatoms. The molecule has 2 N–H and O–H groups in total. The molecule has 0 atom stereocenters. The van der Waals surface area contributed by atoms with Crippen molar-refractivity contribution in [2.75, 3.05) is 31.5 Å². The van der Waals surface area contributed by atoms with Gasteiger partial charge in [0.25, 0.3) is 5.91 Å². The predicted octanol–water partition coefficient (Wildman–Crippen LogP) is 3.95. The first kappa shape index (κ1) is 22.8. The Morgan fingerprint density at radius 1 is 1.10 bits per heavy atom. The van der Waals surface area contributed by atoms with Crippen LogP contribution in [0.4, 0.5) is 14.5 Å². The van der Waals surface area contributed by atoms with Gasteiger partial charge in [-0.15, -0.1) is 0 Å². The van der Waals surface area contributed by atoms with Crippen molar-refractivity contribution in [1.82, 2.24) is 10.2 Å². The Labute approximate surface area is 184 Å². The van der Waals surface area contributed by atoms with Gasteiger partial charge in [0.2, 0.25) is 5.91 Å². The summed E-state index contributed by atoms with van der Waals surface area (Å²) in [7, 11) is 0. The molecule has 0 aliphatic carbocycles. The first-order valence-electron chi connectivity index (χ1n) is 10.1. The molecule has 1 heterocycles. The molecule has 0 saturated carbocycles. The Hall–Kier alpha value is -2.87. The Kier molecular flexibility index (Phi) is 8.06. The molecule has 2 amide bonds. The van der Waals surface area contributed by atoms with Crippen molar-refractivity contribution in [3.05, 3.63) is 58.6 Å². The van der Waals surface area contributed by atoms with Crippen LogP contribution in [0.3, 0.4) is 0 Å². The maximum absolute atomic E-state index is 12.7. The number of rotatable bonds is 9. The van der Waals surface area contributed by atoms with E-state index in [4.69, 9.17) is 11.6 Å². The average Bonchev–Trinajstić information content (AvgIpc) is 3.28. The number of ether oxygens (including phenoxy) is 1. The summed E-state index contributed by atoms with van der Waals surface area (Å²) in [5.74, 6) is -0.221. The number of amides is 2. The van der Waals surface area contributed by atoms with Gasteiger partial charge in [-0.1, -0.05) is 23.7 Å². The van der Waals surface area contributed by atoms with Crippen LogP contribution in [0.1, 0.15) is 28.8 Å². The maximum atomic E-state index is 12.7. The number of hydrogen-bond acceptors (Lipinski definition) is 4. The Morgan fingerprint density at radius 3 is 2.48 bits per heavy atom. The van der Waals surface area contributed by atoms with E-state index in [0.29, 0.717) is 29.2 Å². The lowest BCUT2D eigenvalue weighted by Crippen LogP contribution is -2.32. The molecule has 2 aromatic rings. The summed E-state index contributed by atoms with van der Waals surface area (Å²) in [6.07, 6.45) is 2.52. The Morgan fingerprint density at radius 2 is 1.81 bits per heavy atom. The van der Waals surface area contributed by atoms with Crippen molar-refractivity contribution in [3.8, 4) is 5.75 Å². The quantitative estimate of drug-likeness (QED) is 0.605. The summed E-state index contributed by atoms with van der Waals surface area (Å²) < 4.78 is 28.7. The van der Waals surface area contributed by atoms with Gasteiger partial charge in [-0.05, 0) is 55.2 Å². The SMILES string of the molecule is O=C(CNc1cc(Cl)ccc1C(=O)N1CCCC1)NCCc1ccc(OC(F)F)cc1. The number of carbonyl (C=O) groups is 2. The summed E-state index contributed by atoms with van der Waals surface area (Å²) in [5.41, 5.74) is 1.89. The number of benzene rings is 2. The zero-order valence-electron chi connectivity index (χ0n) is 16.9. The average molecular weight is 452 g/mol. The lowest BCUT2D eigenvalue weighted by Gasteiger charge is -2.18. The van der Waals surface area contributed by atoms with Crippen molar-refractivity contribution in [2.24, 2.45) is 0 Å². The number of hydrogen-bond donors (Lipinski definition) is 2. The van der Waals surface area contributed by atoms with Crippen molar-refractivity contribution >= 4 is 29.1 Å². The highest BCUT2D eigenvalue weighted by molar-refractivity contribution is 6.31. The smallest absolute Gasteiger partial charge is 0.387 e. The lowest BCUT2D eigenvalue weighted by molar-refractivity contribution is -0.119. The number of likely N-dealkylation sites (tertiary alicyclic amines) is 1. The minimum atomic E-state index is -2.86. The second-order valence-corrected chi connectivity index (χ2v) is 7.60. The van der Waals surface area contributed by atoms with Gasteiger partial charge in [0.15, 0.2) is 0 Å². The van der Waals surface area contributed by atoms with E-state index >= 15 is 0 Å². The number of carbonyl (C=O) groups excluding carboxylic acids is 2. The van der Waals surface area contributed by atoms with Crippen molar-refractivity contribution in [3.63, 3.8) is 0 Å². The normalized spacial score (nSPS) is 13.4. The van der Waals surface area contributed by atoms with E-state index in [2.05, 4.69) is 15.4 Å². The molecule has 166 valence electrons. The number of nitrogens with one attached hydrogen (secondary N) is 2. The molecule has 1 aliphatic rings. The van der Waals surface area contributed by atoms with Gasteiger partial charge in [-0.2, -0.15) is 8.78 Å². The van der Waals surface area contributed by atoms with E-state index in [1.54, 1.807) is 35.2 Å². The second-order valence-electron chi connectivity index (χ2n) is 7.17. The fourth-order valence-corrected chi connectivity index (χ4v) is 3.53. The zero-order chi connectivity index (χ0) is 22.2. The van der Waals surface area contributed by atoms with Crippen LogP contribution in [0, 0.1) is 0 Å². The van der Waals surface area contributed by atoms with Gasteiger partial charge in [-0.25, -0.2) is 0 Å². The van der Waals surface area contributed by atoms with E-state index in [1.807, 2.05) is 0 Å². The van der Waals surface area contributed by atoms with E-state index < -0.39 is 6.61 Å². The summed E-state index contributed by atoms with van der Waals surface area (Å²) in [6, 6.07) is 11.2. The highest BCUT2D eigenvalue weighted by atomic mass is 35.5. The topological polar surface area (TPSA) is 70.7 Å². The molecule has 2 aromatic carbocycles. The molecule has 6 nitrogen and oxygen atoms in total. The van der Waals surface area contributed by atoms with Crippen LogP contribution < -0.4 is 15.4 Å². The fourth-order valence-electron chi connectivity index (χ4n) is 3.36. The summed E-state index contributed by atoms with van der Waals surface area (Å²) >= 11 is 6.07. The monoisotopic (exact) mass is 451 g/mol. The summed E-state index contributed by atoms with van der Waals surface area (Å²) in [4.78, 5) is 26.7. The number of nitrogens with zero attached hydrogens (tertiary/aromatic N) is 1. The largest absolute Gasteiger partial charge is 0.435 e. The summed E-state index contributed by atoms with van der Waals surface area (Å²) in [6.45, 7) is -1.03. The van der Waals surface area contributed by atoms with Gasteiger partial charge in [-0.3, -0.25) is 9.59 Å². The third kappa shape index (κ3) is 6.82. The van der Waals surface area contributed by atoms with Gasteiger partial charge < -0.3 is 20.3 Å². The molecule has 0 spiro atoms. The molecule has 0 radical (unpaired) electrons. The molecule has 1 aliphatic heterocycles. The van der Waals surface area contributed by atoms with Crippen molar-refractivity contribution < 1.29 is 23.1 Å². The zero-order valence-corrected chi connectivity index (χ0v) is 17.6. The Bertz CT molecular complexity index is 903. The summed E-state index contributed by atoms with van der Waals surface area (Å²) in [5, 5.41) is 6.26. The molecule has 1 fully saturated rings. The van der Waals surface area contributed by atoms with Gasteiger partial charge in [0.05, 0.1) is 12.1 Å². The second kappa shape index (κ2) is 10.9. The third-order valence-electron chi connectivity index (χ3n) is 4.93. The van der Waals surface area contributed by atoms with Crippen molar-refractivity contribution in [1.29, 1.82) is 0 Å². The van der Waals surface area contributed by atoms with Gasteiger partial charge >= 0.3 is 6.61 Å². The highest BCUT2D eigenvalue weighted by Gasteiger charge is 2.22. The molecule has 0 unspecified atom stereocenters. The van der Waals surface area contributed by atoms with Gasteiger partial charge in [0, 0.05) is 30.3 Å². The van der Waals surface area contributed by atoms with Crippen LogP contribution in [-0.2, 0) is 11.2 Å². The third-order valence-corrected chi connectivity index (χ3v) is 5.16. The Balaban J connectivity index is 1.48. The van der Waals surface area contributed by atoms with E-state index in [1.165, 1.54) is 12.1 Å². The fraction of sp³-hybridized carbons (Fsp3) is 0.364. The van der Waals surface area contributed by atoms with Crippen LogP contribution in [-0.4, -0.2) is 49.5 Å². The van der Waals surface area contributed by atoms with Crippen LogP contribution >= 0.6 is 11.6 Å². The minimum absolute atomic E-state index is 0.0121. The van der Waals surface area contributed by atoms with Crippen LogP contribution in [0.15, 0.2) is 42.5 Å². The maximum Gasteiger partial charge on any atom is 0.387 e. The van der Waals surface area contributed by atoms with E-state index in [9.17, 15) is 18.4 Å². The highest BCUT2D eigenvalue weighted by Crippen LogP contribution is 2.24. The van der Waals surface area contributed by atoms with Crippen LogP contribution in [0.25, 0.3) is 0 Å². The predicted molar refractivity (Wildman–Crippen MR) is 115 cm³/mol. The molecule has 1 saturated heterocycles. The molecule has 3 rings (SSSR count). The first-order valence-corrected chi connectivity index (χ1v) is 10.4. The van der Waals surface area contributed by atoms with Gasteiger partial charge in [0.1, 0.15) is 5.75 Å². The molecule has 31 heavy (non-hydrogen) atoms. The number of halogens is 3. The van der Waals surface area contributed by atoms with E-state index in [-0.39, 0.29) is 24.1 Å². The van der Waals surface area contributed by atoms with Crippen LogP contribution in [0.5, 0.6) is 5.75 Å². The van der Waals surface area contributed by atoms with Crippen LogP contribution in [0.2, 0.25) is 5.02 Å². The lowest BCUT2D eigenvalue weighted by atomic mass is 10.1. The first-order chi connectivity index (χ1) is 14.9. The standard InChI is InChI=1S/C22H24ClF2N3O3/c23-16-5-8-18(21(30)28-11-1-2-12-28)19(13-16)27-14-20(29)26-10-9-15-3-6-17(7-4-15)31-22(24)25/h3-8,13,22,27H,1-2,9-12,14H2,(H,26,29). The van der Waals surface area contributed by atoms with Crippen molar-refractivity contribution in [2.45, 2.75) is 25.9 Å². The molecule has 0 bridgehead atoms. The molecular weight excluding hydrogens is 428 g/mol.